The van der Waals surface area contributed by atoms with Crippen molar-refractivity contribution in [2.24, 2.45) is 0 Å². The van der Waals surface area contributed by atoms with Crippen LogP contribution in [-0.4, -0.2) is 36.8 Å². The number of carbonyl (C=O) groups is 1. The molecular formula is C18H27N3O3S2. The molecule has 1 heterocycles. The second kappa shape index (κ2) is 9.99. The molecule has 1 amide bonds. The van der Waals surface area contributed by atoms with Crippen LogP contribution in [0, 0.1) is 0 Å². The summed E-state index contributed by atoms with van der Waals surface area (Å²) in [4.78, 5) is 11.9. The van der Waals surface area contributed by atoms with E-state index in [1.165, 1.54) is 0 Å². The summed E-state index contributed by atoms with van der Waals surface area (Å²) >= 11 is 5.12. The maximum Gasteiger partial charge on any atom is 0.243 e. The molecule has 1 saturated heterocycles. The van der Waals surface area contributed by atoms with Gasteiger partial charge >= 0.3 is 0 Å². The van der Waals surface area contributed by atoms with Crippen molar-refractivity contribution >= 4 is 38.9 Å². The molecular weight excluding hydrogens is 370 g/mol. The lowest BCUT2D eigenvalue weighted by molar-refractivity contribution is -0.119. The number of rotatable bonds is 6. The molecule has 1 aromatic carbocycles. The Hall–Kier alpha value is -1.51. The quantitative estimate of drug-likeness (QED) is 0.721. The number of nitrogens with one attached hydrogen (secondary N) is 2. The van der Waals surface area contributed by atoms with E-state index < -0.39 is 10.0 Å². The zero-order chi connectivity index (χ0) is 19.0. The summed E-state index contributed by atoms with van der Waals surface area (Å²) in [5, 5.41) is 5.75. The lowest BCUT2D eigenvalue weighted by Crippen LogP contribution is -2.34. The summed E-state index contributed by atoms with van der Waals surface area (Å²) in [5.41, 5.74) is 0.639. The number of amides is 1. The van der Waals surface area contributed by atoms with E-state index in [2.05, 4.69) is 10.6 Å². The molecule has 1 aliphatic heterocycles. The van der Waals surface area contributed by atoms with Crippen molar-refractivity contribution in [3.63, 3.8) is 0 Å². The molecule has 26 heavy (non-hydrogen) atoms. The number of hydrogen-bond donors (Lipinski definition) is 2. The summed E-state index contributed by atoms with van der Waals surface area (Å²) in [7, 11) is -3.46. The number of hydrogen-bond acceptors (Lipinski definition) is 4. The Morgan fingerprint density at radius 1 is 1.12 bits per heavy atom. The van der Waals surface area contributed by atoms with Crippen molar-refractivity contribution in [3.8, 4) is 0 Å². The minimum absolute atomic E-state index is 0.121. The highest BCUT2D eigenvalue weighted by Crippen LogP contribution is 2.21. The molecule has 2 rings (SSSR count). The van der Waals surface area contributed by atoms with Crippen LogP contribution in [0.5, 0.6) is 0 Å². The zero-order valence-electron chi connectivity index (χ0n) is 15.2. The summed E-state index contributed by atoms with van der Waals surface area (Å²) in [6.45, 7) is 3.18. The van der Waals surface area contributed by atoms with Gasteiger partial charge in [-0.15, -0.1) is 0 Å². The smallest absolute Gasteiger partial charge is 0.243 e. The van der Waals surface area contributed by atoms with Crippen molar-refractivity contribution in [1.29, 1.82) is 0 Å². The van der Waals surface area contributed by atoms with Crippen molar-refractivity contribution in [2.45, 2.75) is 56.8 Å². The largest absolute Gasteiger partial charge is 0.332 e. The molecule has 0 aromatic heterocycles. The van der Waals surface area contributed by atoms with Gasteiger partial charge in [-0.1, -0.05) is 26.2 Å². The first-order chi connectivity index (χ1) is 12.4. The van der Waals surface area contributed by atoms with Gasteiger partial charge in [0, 0.05) is 25.2 Å². The van der Waals surface area contributed by atoms with Crippen LogP contribution in [0.2, 0.25) is 0 Å². The van der Waals surface area contributed by atoms with E-state index in [0.717, 1.165) is 38.5 Å². The molecule has 2 N–H and O–H groups in total. The summed E-state index contributed by atoms with van der Waals surface area (Å²) in [5.74, 6) is -0.121. The SMILES string of the molecule is CCCCC(=O)NC(=S)Nc1ccc(S(=O)(=O)N2CCCCCC2)cc1. The van der Waals surface area contributed by atoms with E-state index in [9.17, 15) is 13.2 Å². The number of unbranched alkanes of at least 4 members (excludes halogenated alkanes) is 1. The Morgan fingerprint density at radius 3 is 2.31 bits per heavy atom. The fraction of sp³-hybridized carbons (Fsp3) is 0.556. The lowest BCUT2D eigenvalue weighted by atomic mass is 10.2. The van der Waals surface area contributed by atoms with Gasteiger partial charge in [0.2, 0.25) is 15.9 Å². The number of benzene rings is 1. The molecule has 144 valence electrons. The van der Waals surface area contributed by atoms with Crippen molar-refractivity contribution < 1.29 is 13.2 Å². The van der Waals surface area contributed by atoms with Crippen LogP contribution in [0.25, 0.3) is 0 Å². The normalized spacial score (nSPS) is 15.9. The average Bonchev–Trinajstić information content (AvgIpc) is 2.90. The molecule has 6 nitrogen and oxygen atoms in total. The highest BCUT2D eigenvalue weighted by molar-refractivity contribution is 7.89. The van der Waals surface area contributed by atoms with Crippen molar-refractivity contribution in [2.75, 3.05) is 18.4 Å². The highest BCUT2D eigenvalue weighted by atomic mass is 32.2. The van der Waals surface area contributed by atoms with Crippen molar-refractivity contribution in [1.82, 2.24) is 9.62 Å². The topological polar surface area (TPSA) is 78.5 Å². The van der Waals surface area contributed by atoms with Crippen LogP contribution < -0.4 is 10.6 Å². The maximum atomic E-state index is 12.7. The molecule has 0 spiro atoms. The number of nitrogens with zero attached hydrogens (tertiary/aromatic N) is 1. The van der Waals surface area contributed by atoms with Gasteiger partial charge in [0.15, 0.2) is 5.11 Å². The van der Waals surface area contributed by atoms with E-state index in [-0.39, 0.29) is 15.9 Å². The van der Waals surface area contributed by atoms with Gasteiger partial charge < -0.3 is 10.6 Å². The van der Waals surface area contributed by atoms with E-state index in [1.807, 2.05) is 6.92 Å². The first-order valence-corrected chi connectivity index (χ1v) is 11.0. The third-order valence-corrected chi connectivity index (χ3v) is 6.44. The Morgan fingerprint density at radius 2 is 1.73 bits per heavy atom. The molecule has 0 saturated carbocycles. The molecule has 0 aliphatic carbocycles. The van der Waals surface area contributed by atoms with Crippen LogP contribution >= 0.6 is 12.2 Å². The molecule has 0 bridgehead atoms. The molecule has 8 heteroatoms. The zero-order valence-corrected chi connectivity index (χ0v) is 16.8. The first kappa shape index (κ1) is 20.8. The van der Waals surface area contributed by atoms with Crippen LogP contribution in [0.1, 0.15) is 51.9 Å². The fourth-order valence-corrected chi connectivity index (χ4v) is 4.58. The second-order valence-electron chi connectivity index (χ2n) is 6.45. The Balaban J connectivity index is 1.96. The summed E-state index contributed by atoms with van der Waals surface area (Å²) < 4.78 is 27.1. The monoisotopic (exact) mass is 397 g/mol. The van der Waals surface area contributed by atoms with Crippen molar-refractivity contribution in [3.05, 3.63) is 24.3 Å². The first-order valence-electron chi connectivity index (χ1n) is 9.14. The second-order valence-corrected chi connectivity index (χ2v) is 8.79. The molecule has 1 aromatic rings. The highest BCUT2D eigenvalue weighted by Gasteiger charge is 2.24. The van der Waals surface area contributed by atoms with Gasteiger partial charge in [-0.2, -0.15) is 4.31 Å². The summed E-state index contributed by atoms with van der Waals surface area (Å²) in [6, 6.07) is 6.47. The Kier molecular flexibility index (Phi) is 7.99. The Bertz CT molecular complexity index is 710. The molecule has 0 atom stereocenters. The maximum absolute atomic E-state index is 12.7. The van der Waals surface area contributed by atoms with Gasteiger partial charge in [0.1, 0.15) is 0 Å². The van der Waals surface area contributed by atoms with Crippen LogP contribution in [0.4, 0.5) is 5.69 Å². The van der Waals surface area contributed by atoms with Gasteiger partial charge in [0.05, 0.1) is 4.90 Å². The van der Waals surface area contributed by atoms with Crippen LogP contribution in [0.3, 0.4) is 0 Å². The Labute approximate surface area is 161 Å². The number of thiocarbonyl (C=S) groups is 1. The third kappa shape index (κ3) is 6.03. The fourth-order valence-electron chi connectivity index (χ4n) is 2.83. The molecule has 0 radical (unpaired) electrons. The van der Waals surface area contributed by atoms with E-state index in [0.29, 0.717) is 25.2 Å². The van der Waals surface area contributed by atoms with Gasteiger partial charge in [-0.3, -0.25) is 4.79 Å². The summed E-state index contributed by atoms with van der Waals surface area (Å²) in [6.07, 6.45) is 6.17. The van der Waals surface area contributed by atoms with Crippen LogP contribution in [-0.2, 0) is 14.8 Å². The molecule has 1 fully saturated rings. The molecule has 1 aliphatic rings. The van der Waals surface area contributed by atoms with E-state index >= 15 is 0 Å². The standard InChI is InChI=1S/C18H27N3O3S2/c1-2-3-8-17(22)20-18(25)19-15-9-11-16(12-10-15)26(23,24)21-13-6-4-5-7-14-21/h9-12H,2-8,13-14H2,1H3,(H2,19,20,22,25). The van der Waals surface area contributed by atoms with Crippen LogP contribution in [0.15, 0.2) is 29.2 Å². The van der Waals surface area contributed by atoms with Gasteiger partial charge in [0.25, 0.3) is 0 Å². The minimum Gasteiger partial charge on any atom is -0.332 e. The third-order valence-electron chi connectivity index (χ3n) is 4.33. The number of carbonyl (C=O) groups excluding carboxylic acids is 1. The predicted molar refractivity (Wildman–Crippen MR) is 108 cm³/mol. The number of anilines is 1. The lowest BCUT2D eigenvalue weighted by Gasteiger charge is -2.20. The predicted octanol–water partition coefficient (Wildman–Crippen LogP) is 3.25. The number of sulfonamides is 1. The minimum atomic E-state index is -3.46. The van der Waals surface area contributed by atoms with Gasteiger partial charge in [-0.25, -0.2) is 8.42 Å². The molecule has 0 unspecified atom stereocenters. The average molecular weight is 398 g/mol. The van der Waals surface area contributed by atoms with E-state index in [1.54, 1.807) is 28.6 Å². The van der Waals surface area contributed by atoms with Gasteiger partial charge in [-0.05, 0) is 55.7 Å². The van der Waals surface area contributed by atoms with E-state index in [4.69, 9.17) is 12.2 Å².